The number of hydrogen-bond donors (Lipinski definition) is 2. The molecule has 0 fully saturated rings. The summed E-state index contributed by atoms with van der Waals surface area (Å²) in [6, 6.07) is 5.98. The minimum atomic E-state index is 0.859. The van der Waals surface area contributed by atoms with Crippen LogP contribution in [0.15, 0.2) is 23.1 Å². The lowest BCUT2D eigenvalue weighted by molar-refractivity contribution is 1.15. The molecule has 2 N–H and O–H groups in total. The van der Waals surface area contributed by atoms with Crippen molar-refractivity contribution in [2.45, 2.75) is 18.2 Å². The molecular weight excluding hydrogens is 198 g/mol. The van der Waals surface area contributed by atoms with Gasteiger partial charge in [-0.25, -0.2) is 0 Å². The van der Waals surface area contributed by atoms with Gasteiger partial charge < -0.3 is 5.73 Å². The second-order valence-electron chi connectivity index (χ2n) is 2.95. The number of benzene rings is 1. The van der Waals surface area contributed by atoms with Crippen molar-refractivity contribution >= 4 is 39.7 Å². The van der Waals surface area contributed by atoms with Gasteiger partial charge in [0.25, 0.3) is 0 Å². The first kappa shape index (κ1) is 8.91. The Kier molecular flexibility index (Phi) is 2.22. The van der Waals surface area contributed by atoms with E-state index >= 15 is 0 Å². The molecule has 0 aliphatic rings. The number of nitrogen functional groups attached to an aromatic ring is 1. The third-order valence-electron chi connectivity index (χ3n) is 2.11. The summed E-state index contributed by atoms with van der Waals surface area (Å²) in [7, 11) is 0. The van der Waals surface area contributed by atoms with Gasteiger partial charge in [0.1, 0.15) is 0 Å². The van der Waals surface area contributed by atoms with Gasteiger partial charge in [0, 0.05) is 20.8 Å². The molecule has 2 aromatic rings. The summed E-state index contributed by atoms with van der Waals surface area (Å²) in [6.45, 7) is 2.14. The Labute approximate surface area is 87.0 Å². The van der Waals surface area contributed by atoms with Crippen molar-refractivity contribution in [1.82, 2.24) is 0 Å². The van der Waals surface area contributed by atoms with E-state index < -0.39 is 0 Å². The first-order valence-electron chi connectivity index (χ1n) is 4.23. The highest BCUT2D eigenvalue weighted by atomic mass is 32.1. The van der Waals surface area contributed by atoms with E-state index in [0.29, 0.717) is 0 Å². The first-order valence-corrected chi connectivity index (χ1v) is 5.49. The second kappa shape index (κ2) is 3.24. The van der Waals surface area contributed by atoms with E-state index in [-0.39, 0.29) is 0 Å². The quantitative estimate of drug-likeness (QED) is 0.547. The summed E-state index contributed by atoms with van der Waals surface area (Å²) in [5, 5.41) is 1.19. The number of nitrogens with two attached hydrogens (primary N) is 1. The van der Waals surface area contributed by atoms with E-state index in [4.69, 9.17) is 5.73 Å². The van der Waals surface area contributed by atoms with E-state index in [1.807, 2.05) is 12.1 Å². The zero-order valence-electron chi connectivity index (χ0n) is 7.37. The minimum Gasteiger partial charge on any atom is -0.398 e. The molecular formula is C10H11NS2. The predicted molar refractivity (Wildman–Crippen MR) is 62.9 cm³/mol. The average Bonchev–Trinajstić information content (AvgIpc) is 2.45. The zero-order chi connectivity index (χ0) is 9.42. The fraction of sp³-hybridized carbons (Fsp3) is 0.200. The van der Waals surface area contributed by atoms with Gasteiger partial charge in [0.05, 0.1) is 4.70 Å². The largest absolute Gasteiger partial charge is 0.398 e. The highest BCUT2D eigenvalue weighted by Gasteiger charge is 2.08. The van der Waals surface area contributed by atoms with E-state index in [1.54, 1.807) is 11.3 Å². The third-order valence-corrected chi connectivity index (χ3v) is 4.17. The number of thiophene rings is 1. The van der Waals surface area contributed by atoms with E-state index in [0.717, 1.165) is 17.0 Å². The van der Waals surface area contributed by atoms with Gasteiger partial charge >= 0.3 is 0 Å². The van der Waals surface area contributed by atoms with Crippen molar-refractivity contribution in [1.29, 1.82) is 0 Å². The molecule has 0 aliphatic carbocycles. The van der Waals surface area contributed by atoms with Crippen LogP contribution in [0.2, 0.25) is 0 Å². The molecule has 0 saturated carbocycles. The van der Waals surface area contributed by atoms with Crippen LogP contribution in [0.1, 0.15) is 11.8 Å². The smallest absolute Gasteiger partial charge is 0.0586 e. The van der Waals surface area contributed by atoms with E-state index in [9.17, 15) is 0 Å². The van der Waals surface area contributed by atoms with Crippen molar-refractivity contribution in [3.63, 3.8) is 0 Å². The summed E-state index contributed by atoms with van der Waals surface area (Å²) in [4.78, 5) is 2.41. The van der Waals surface area contributed by atoms with Crippen LogP contribution in [0.5, 0.6) is 0 Å². The Hall–Kier alpha value is -0.670. The van der Waals surface area contributed by atoms with Crippen LogP contribution in [0.25, 0.3) is 10.1 Å². The van der Waals surface area contributed by atoms with E-state index in [1.165, 1.54) is 15.0 Å². The molecule has 68 valence electrons. The SMILES string of the molecule is CCc1sc2c(N)cccc2c1S. The number of anilines is 1. The molecule has 2 rings (SSSR count). The fourth-order valence-electron chi connectivity index (χ4n) is 1.42. The molecule has 0 amide bonds. The molecule has 0 unspecified atom stereocenters. The summed E-state index contributed by atoms with van der Waals surface area (Å²) in [5.41, 5.74) is 6.73. The molecule has 0 spiro atoms. The topological polar surface area (TPSA) is 26.0 Å². The lowest BCUT2D eigenvalue weighted by Gasteiger charge is -1.94. The molecule has 0 radical (unpaired) electrons. The number of thiol groups is 1. The van der Waals surface area contributed by atoms with Gasteiger partial charge in [-0.3, -0.25) is 0 Å². The summed E-state index contributed by atoms with van der Waals surface area (Å²) < 4.78 is 1.17. The van der Waals surface area contributed by atoms with Crippen LogP contribution in [-0.4, -0.2) is 0 Å². The molecule has 1 heterocycles. The van der Waals surface area contributed by atoms with Gasteiger partial charge in [0.2, 0.25) is 0 Å². The molecule has 0 aliphatic heterocycles. The van der Waals surface area contributed by atoms with Crippen LogP contribution < -0.4 is 5.73 Å². The Morgan fingerprint density at radius 1 is 1.46 bits per heavy atom. The van der Waals surface area contributed by atoms with Crippen LogP contribution in [0.3, 0.4) is 0 Å². The molecule has 1 nitrogen and oxygen atoms in total. The number of hydrogen-bond acceptors (Lipinski definition) is 3. The van der Waals surface area contributed by atoms with Crippen LogP contribution >= 0.6 is 24.0 Å². The van der Waals surface area contributed by atoms with Crippen molar-refractivity contribution in [2.24, 2.45) is 0 Å². The maximum absolute atomic E-state index is 5.87. The number of rotatable bonds is 1. The van der Waals surface area contributed by atoms with Crippen molar-refractivity contribution in [3.8, 4) is 0 Å². The minimum absolute atomic E-state index is 0.859. The Morgan fingerprint density at radius 3 is 2.85 bits per heavy atom. The fourth-order valence-corrected chi connectivity index (χ4v) is 3.04. The van der Waals surface area contributed by atoms with Crippen molar-refractivity contribution < 1.29 is 0 Å². The Balaban J connectivity index is 2.83. The van der Waals surface area contributed by atoms with Gasteiger partial charge in [-0.2, -0.15) is 0 Å². The van der Waals surface area contributed by atoms with Gasteiger partial charge in [0.15, 0.2) is 0 Å². The number of aryl methyl sites for hydroxylation is 1. The zero-order valence-corrected chi connectivity index (χ0v) is 9.08. The van der Waals surface area contributed by atoms with Crippen molar-refractivity contribution in [2.75, 3.05) is 5.73 Å². The lowest BCUT2D eigenvalue weighted by Crippen LogP contribution is -1.82. The molecule has 3 heteroatoms. The maximum atomic E-state index is 5.87. The van der Waals surface area contributed by atoms with E-state index in [2.05, 4.69) is 25.6 Å². The van der Waals surface area contributed by atoms with Crippen LogP contribution in [0.4, 0.5) is 5.69 Å². The lowest BCUT2D eigenvalue weighted by atomic mass is 10.2. The second-order valence-corrected chi connectivity index (χ2v) is 4.50. The molecule has 0 saturated heterocycles. The predicted octanol–water partition coefficient (Wildman–Crippen LogP) is 3.33. The highest BCUT2D eigenvalue weighted by Crippen LogP contribution is 2.37. The monoisotopic (exact) mass is 209 g/mol. The molecule has 1 aromatic carbocycles. The summed E-state index contributed by atoms with van der Waals surface area (Å²) in [6.07, 6.45) is 1.03. The highest BCUT2D eigenvalue weighted by molar-refractivity contribution is 7.80. The van der Waals surface area contributed by atoms with Crippen molar-refractivity contribution in [3.05, 3.63) is 23.1 Å². The van der Waals surface area contributed by atoms with Crippen LogP contribution in [0, 0.1) is 0 Å². The molecule has 0 bridgehead atoms. The van der Waals surface area contributed by atoms with Gasteiger partial charge in [-0.1, -0.05) is 19.1 Å². The van der Waals surface area contributed by atoms with Crippen LogP contribution in [-0.2, 0) is 6.42 Å². The summed E-state index contributed by atoms with van der Waals surface area (Å²) in [5.74, 6) is 0. The Morgan fingerprint density at radius 2 is 2.23 bits per heavy atom. The Bertz CT molecular complexity index is 445. The number of fused-ring (bicyclic) bond motifs is 1. The molecule has 0 atom stereocenters. The molecule has 13 heavy (non-hydrogen) atoms. The van der Waals surface area contributed by atoms with Gasteiger partial charge in [-0.05, 0) is 12.5 Å². The maximum Gasteiger partial charge on any atom is 0.0586 e. The average molecular weight is 209 g/mol. The first-order chi connectivity index (χ1) is 6.24. The normalized spacial score (nSPS) is 10.9. The standard InChI is InChI=1S/C10H11NS2/c1-2-8-9(12)6-4-3-5-7(11)10(6)13-8/h3-5,12H,2,11H2,1H3. The molecule has 1 aromatic heterocycles. The van der Waals surface area contributed by atoms with Gasteiger partial charge in [-0.15, -0.1) is 24.0 Å². The third kappa shape index (κ3) is 1.32. The summed E-state index contributed by atoms with van der Waals surface area (Å²) >= 11 is 6.25.